The molecule has 0 aromatic heterocycles. The van der Waals surface area contributed by atoms with Crippen LogP contribution in [0, 0.1) is 23.4 Å². The molecule has 35 heavy (non-hydrogen) atoms. The molecule has 0 bridgehead atoms. The maximum atomic E-state index is 15.0. The second-order valence-electron chi connectivity index (χ2n) is 9.87. The van der Waals surface area contributed by atoms with E-state index in [4.69, 9.17) is 0 Å². The van der Waals surface area contributed by atoms with Gasteiger partial charge in [0.1, 0.15) is 5.82 Å². The van der Waals surface area contributed by atoms with E-state index < -0.39 is 11.6 Å². The van der Waals surface area contributed by atoms with Gasteiger partial charge >= 0.3 is 0 Å². The van der Waals surface area contributed by atoms with Crippen LogP contribution in [0.5, 0.6) is 0 Å². The standard InChI is InChI=1S/C32H35F3/c1-3-5-6-7-8-26-17-20-29(32(35)31(26)34)25-15-13-23(14-16-25)27-18-19-28(30(33)21-27)24-11-9-22(4-2)10-12-24/h4,13-22,24H,2-3,5-12H2,1H3. The molecule has 0 heterocycles. The number of rotatable bonds is 9. The minimum absolute atomic E-state index is 0.170. The molecule has 0 spiro atoms. The number of unbranched alkanes of at least 4 members (excludes halogenated alkanes) is 3. The molecule has 3 aromatic rings. The Labute approximate surface area is 207 Å². The lowest BCUT2D eigenvalue weighted by Gasteiger charge is -2.27. The Bertz CT molecular complexity index is 1140. The summed E-state index contributed by atoms with van der Waals surface area (Å²) in [7, 11) is 0. The fourth-order valence-corrected chi connectivity index (χ4v) is 5.29. The molecule has 0 saturated heterocycles. The number of hydrogen-bond donors (Lipinski definition) is 0. The number of halogens is 3. The summed E-state index contributed by atoms with van der Waals surface area (Å²) in [6.07, 6.45) is 10.8. The summed E-state index contributed by atoms with van der Waals surface area (Å²) in [5, 5.41) is 0. The van der Waals surface area contributed by atoms with Crippen LogP contribution in [-0.4, -0.2) is 0 Å². The van der Waals surface area contributed by atoms with Crippen molar-refractivity contribution >= 4 is 0 Å². The third kappa shape index (κ3) is 5.89. The zero-order chi connectivity index (χ0) is 24.8. The second kappa shape index (κ2) is 11.7. The van der Waals surface area contributed by atoms with Gasteiger partial charge < -0.3 is 0 Å². The Morgan fingerprint density at radius 1 is 0.771 bits per heavy atom. The van der Waals surface area contributed by atoms with E-state index in [1.807, 2.05) is 30.3 Å². The van der Waals surface area contributed by atoms with Crippen LogP contribution in [0.1, 0.15) is 75.3 Å². The van der Waals surface area contributed by atoms with Crippen LogP contribution in [0.2, 0.25) is 0 Å². The van der Waals surface area contributed by atoms with Gasteiger partial charge in [-0.1, -0.05) is 80.8 Å². The van der Waals surface area contributed by atoms with Crippen molar-refractivity contribution in [1.82, 2.24) is 0 Å². The van der Waals surface area contributed by atoms with Gasteiger partial charge in [-0.3, -0.25) is 0 Å². The Morgan fingerprint density at radius 2 is 1.46 bits per heavy atom. The SMILES string of the molecule is C=CC1CCC(c2ccc(-c3ccc(-c4ccc(CCCCCC)c(F)c4F)cc3)cc2F)CC1. The van der Waals surface area contributed by atoms with Crippen LogP contribution >= 0.6 is 0 Å². The summed E-state index contributed by atoms with van der Waals surface area (Å²) in [6.45, 7) is 6.01. The van der Waals surface area contributed by atoms with Gasteiger partial charge in [0, 0.05) is 5.56 Å². The van der Waals surface area contributed by atoms with E-state index in [0.717, 1.165) is 68.1 Å². The topological polar surface area (TPSA) is 0 Å². The molecule has 4 rings (SSSR count). The molecule has 1 aliphatic carbocycles. The molecule has 0 nitrogen and oxygen atoms in total. The minimum Gasteiger partial charge on any atom is -0.207 e. The lowest BCUT2D eigenvalue weighted by Crippen LogP contribution is -2.12. The van der Waals surface area contributed by atoms with E-state index in [0.29, 0.717) is 23.5 Å². The largest absolute Gasteiger partial charge is 0.207 e. The van der Waals surface area contributed by atoms with Crippen LogP contribution in [0.4, 0.5) is 13.2 Å². The number of benzene rings is 3. The van der Waals surface area contributed by atoms with Crippen LogP contribution in [0.3, 0.4) is 0 Å². The lowest BCUT2D eigenvalue weighted by molar-refractivity contribution is 0.369. The molecule has 0 aliphatic heterocycles. The van der Waals surface area contributed by atoms with Crippen LogP contribution in [0.25, 0.3) is 22.3 Å². The van der Waals surface area contributed by atoms with Gasteiger partial charge in [-0.05, 0) is 84.2 Å². The Morgan fingerprint density at radius 3 is 2.11 bits per heavy atom. The van der Waals surface area contributed by atoms with Gasteiger partial charge in [0.15, 0.2) is 11.6 Å². The highest BCUT2D eigenvalue weighted by Crippen LogP contribution is 2.38. The van der Waals surface area contributed by atoms with Crippen molar-refractivity contribution < 1.29 is 13.2 Å². The lowest BCUT2D eigenvalue weighted by atomic mass is 9.78. The molecule has 0 amide bonds. The van der Waals surface area contributed by atoms with Crippen molar-refractivity contribution in [3.05, 3.63) is 95.8 Å². The Kier molecular flexibility index (Phi) is 8.49. The molecule has 0 radical (unpaired) electrons. The Balaban J connectivity index is 1.48. The average molecular weight is 477 g/mol. The molecule has 184 valence electrons. The van der Waals surface area contributed by atoms with Gasteiger partial charge in [0.05, 0.1) is 0 Å². The third-order valence-electron chi connectivity index (χ3n) is 7.54. The van der Waals surface area contributed by atoms with Crippen molar-refractivity contribution in [3.63, 3.8) is 0 Å². The quantitative estimate of drug-likeness (QED) is 0.213. The highest BCUT2D eigenvalue weighted by atomic mass is 19.2. The summed E-state index contributed by atoms with van der Waals surface area (Å²) in [6, 6.07) is 16.1. The smallest absolute Gasteiger partial charge is 0.166 e. The first-order chi connectivity index (χ1) is 17.0. The normalized spacial score (nSPS) is 17.9. The van der Waals surface area contributed by atoms with E-state index >= 15 is 0 Å². The molecule has 0 atom stereocenters. The van der Waals surface area contributed by atoms with E-state index in [1.54, 1.807) is 30.3 Å². The average Bonchev–Trinajstić information content (AvgIpc) is 2.89. The van der Waals surface area contributed by atoms with Crippen LogP contribution in [-0.2, 0) is 6.42 Å². The minimum atomic E-state index is -0.799. The monoisotopic (exact) mass is 476 g/mol. The molecule has 1 saturated carbocycles. The summed E-state index contributed by atoms with van der Waals surface area (Å²) in [5.74, 6) is -0.908. The second-order valence-corrected chi connectivity index (χ2v) is 9.87. The van der Waals surface area contributed by atoms with Crippen molar-refractivity contribution in [2.24, 2.45) is 5.92 Å². The number of hydrogen-bond acceptors (Lipinski definition) is 0. The number of aryl methyl sites for hydroxylation is 1. The fraction of sp³-hybridized carbons (Fsp3) is 0.375. The van der Waals surface area contributed by atoms with Gasteiger partial charge in [0.2, 0.25) is 0 Å². The summed E-state index contributed by atoms with van der Waals surface area (Å²) < 4.78 is 44.5. The van der Waals surface area contributed by atoms with Crippen LogP contribution < -0.4 is 0 Å². The maximum Gasteiger partial charge on any atom is 0.166 e. The first kappa shape index (κ1) is 25.3. The van der Waals surface area contributed by atoms with E-state index in [1.165, 1.54) is 0 Å². The highest BCUT2D eigenvalue weighted by molar-refractivity contribution is 5.71. The molecule has 3 aromatic carbocycles. The summed E-state index contributed by atoms with van der Waals surface area (Å²) in [4.78, 5) is 0. The van der Waals surface area contributed by atoms with Crippen molar-refractivity contribution in [1.29, 1.82) is 0 Å². The summed E-state index contributed by atoms with van der Waals surface area (Å²) >= 11 is 0. The zero-order valence-corrected chi connectivity index (χ0v) is 20.6. The molecular weight excluding hydrogens is 441 g/mol. The summed E-state index contributed by atoms with van der Waals surface area (Å²) in [5.41, 5.74) is 3.73. The van der Waals surface area contributed by atoms with Gasteiger partial charge in [-0.15, -0.1) is 6.58 Å². The van der Waals surface area contributed by atoms with Gasteiger partial charge in [-0.25, -0.2) is 13.2 Å². The van der Waals surface area contributed by atoms with Crippen molar-refractivity contribution in [2.45, 2.75) is 70.6 Å². The van der Waals surface area contributed by atoms with Gasteiger partial charge in [0.25, 0.3) is 0 Å². The first-order valence-corrected chi connectivity index (χ1v) is 13.0. The molecule has 1 fully saturated rings. The predicted molar refractivity (Wildman–Crippen MR) is 140 cm³/mol. The zero-order valence-electron chi connectivity index (χ0n) is 20.6. The van der Waals surface area contributed by atoms with Crippen molar-refractivity contribution in [3.8, 4) is 22.3 Å². The molecular formula is C32H35F3. The predicted octanol–water partition coefficient (Wildman–Crippen LogP) is 10.0. The van der Waals surface area contributed by atoms with Crippen LogP contribution in [0.15, 0.2) is 67.3 Å². The third-order valence-corrected chi connectivity index (χ3v) is 7.54. The van der Waals surface area contributed by atoms with E-state index in [2.05, 4.69) is 13.5 Å². The first-order valence-electron chi connectivity index (χ1n) is 13.0. The molecule has 0 unspecified atom stereocenters. The molecule has 1 aliphatic rings. The Hall–Kier alpha value is -2.81. The fourth-order valence-electron chi connectivity index (χ4n) is 5.29. The van der Waals surface area contributed by atoms with E-state index in [9.17, 15) is 13.2 Å². The number of allylic oxidation sites excluding steroid dienone is 1. The molecule has 0 N–H and O–H groups in total. The molecule has 3 heteroatoms. The van der Waals surface area contributed by atoms with Gasteiger partial charge in [-0.2, -0.15) is 0 Å². The maximum absolute atomic E-state index is 15.0. The highest BCUT2D eigenvalue weighted by Gasteiger charge is 2.23. The van der Waals surface area contributed by atoms with E-state index in [-0.39, 0.29) is 17.3 Å². The van der Waals surface area contributed by atoms with Crippen molar-refractivity contribution in [2.75, 3.05) is 0 Å².